The monoisotopic (exact) mass is 386 g/mol. The number of hydrogen-bond acceptors (Lipinski definition) is 5. The Morgan fingerprint density at radius 1 is 1.50 bits per heavy atom. The van der Waals surface area contributed by atoms with Crippen molar-refractivity contribution in [1.29, 1.82) is 0 Å². The zero-order chi connectivity index (χ0) is 15.7. The van der Waals surface area contributed by atoms with Crippen LogP contribution in [0.15, 0.2) is 21.8 Å². The van der Waals surface area contributed by atoms with Crippen molar-refractivity contribution in [2.75, 3.05) is 18.2 Å². The van der Waals surface area contributed by atoms with Gasteiger partial charge in [-0.2, -0.15) is 5.10 Å². The summed E-state index contributed by atoms with van der Waals surface area (Å²) >= 11 is 3.42. The lowest BCUT2D eigenvalue weighted by Gasteiger charge is -2.31. The zero-order valence-corrected chi connectivity index (χ0v) is 14.7. The molecule has 2 unspecified atom stereocenters. The summed E-state index contributed by atoms with van der Waals surface area (Å²) in [6.07, 6.45) is 7.64. The summed E-state index contributed by atoms with van der Waals surface area (Å²) in [6, 6.07) is 1.99. The molecule has 0 amide bonds. The van der Waals surface area contributed by atoms with Gasteiger partial charge in [-0.3, -0.25) is 4.21 Å². The summed E-state index contributed by atoms with van der Waals surface area (Å²) < 4.78 is 14.3. The number of rotatable bonds is 4. The van der Waals surface area contributed by atoms with Gasteiger partial charge in [0.05, 0.1) is 21.5 Å². The molecule has 0 bridgehead atoms. The molecule has 22 heavy (non-hydrogen) atoms. The van der Waals surface area contributed by atoms with Crippen molar-refractivity contribution in [2.24, 2.45) is 5.92 Å². The third kappa shape index (κ3) is 3.04. The van der Waals surface area contributed by atoms with Crippen LogP contribution in [0, 0.1) is 5.92 Å². The van der Waals surface area contributed by atoms with Crippen LogP contribution in [-0.2, 0) is 10.8 Å². The van der Waals surface area contributed by atoms with Crippen LogP contribution in [0.3, 0.4) is 0 Å². The fourth-order valence-electron chi connectivity index (χ4n) is 2.99. The van der Waals surface area contributed by atoms with Gasteiger partial charge >= 0.3 is 0 Å². The van der Waals surface area contributed by atoms with E-state index >= 15 is 0 Å². The maximum Gasteiger partial charge on any atom is 0.172 e. The summed E-state index contributed by atoms with van der Waals surface area (Å²) in [5.41, 5.74) is 0.645. The standard InChI is InChI=1S/C14H19BrN4O2S/c1-22(21)13-6-12(18-14-10(15)7-16-19(13)14)17-11-5-3-2-4-9(11)8-20/h6-7,9,11,20H,2-5,8H2,1H3,(H,17,18)/t9-,11?,22?/m0/s1. The van der Waals surface area contributed by atoms with Crippen LogP contribution in [0.5, 0.6) is 0 Å². The zero-order valence-electron chi connectivity index (χ0n) is 12.3. The normalized spacial score (nSPS) is 23.6. The second kappa shape index (κ2) is 6.64. The third-order valence-corrected chi connectivity index (χ3v) is 5.61. The highest BCUT2D eigenvalue weighted by atomic mass is 79.9. The molecule has 0 aromatic carbocycles. The molecule has 3 rings (SSSR count). The number of aliphatic hydroxyl groups excluding tert-OH is 1. The first-order valence-electron chi connectivity index (χ1n) is 7.35. The number of hydrogen-bond donors (Lipinski definition) is 2. The van der Waals surface area contributed by atoms with E-state index in [1.165, 1.54) is 0 Å². The first-order valence-corrected chi connectivity index (χ1v) is 9.70. The molecule has 8 heteroatoms. The van der Waals surface area contributed by atoms with Crippen LogP contribution >= 0.6 is 15.9 Å². The van der Waals surface area contributed by atoms with Crippen molar-refractivity contribution in [2.45, 2.75) is 36.8 Å². The van der Waals surface area contributed by atoms with Gasteiger partial charge < -0.3 is 10.4 Å². The second-order valence-corrected chi connectivity index (χ2v) is 7.82. The van der Waals surface area contributed by atoms with E-state index in [0.29, 0.717) is 16.5 Å². The molecule has 2 N–H and O–H groups in total. The van der Waals surface area contributed by atoms with Crippen LogP contribution in [0.4, 0.5) is 5.82 Å². The van der Waals surface area contributed by atoms with E-state index in [1.54, 1.807) is 23.0 Å². The molecule has 1 aliphatic rings. The van der Waals surface area contributed by atoms with Gasteiger partial charge in [-0.15, -0.1) is 0 Å². The number of anilines is 1. The summed E-state index contributed by atoms with van der Waals surface area (Å²) in [7, 11) is -1.17. The smallest absolute Gasteiger partial charge is 0.172 e. The molecule has 120 valence electrons. The highest BCUT2D eigenvalue weighted by Crippen LogP contribution is 2.28. The van der Waals surface area contributed by atoms with Crippen molar-refractivity contribution in [3.05, 3.63) is 16.7 Å². The predicted octanol–water partition coefficient (Wildman–Crippen LogP) is 2.19. The van der Waals surface area contributed by atoms with Gasteiger partial charge in [0.2, 0.25) is 0 Å². The van der Waals surface area contributed by atoms with Gasteiger partial charge in [0, 0.05) is 30.9 Å². The van der Waals surface area contributed by atoms with Crippen LogP contribution in [0.25, 0.3) is 5.65 Å². The van der Waals surface area contributed by atoms with Crippen LogP contribution < -0.4 is 5.32 Å². The summed E-state index contributed by atoms with van der Waals surface area (Å²) in [4.78, 5) is 4.57. The average Bonchev–Trinajstić information content (AvgIpc) is 2.88. The van der Waals surface area contributed by atoms with Crippen molar-refractivity contribution >= 4 is 38.2 Å². The topological polar surface area (TPSA) is 79.5 Å². The molecular formula is C14H19BrN4O2S. The van der Waals surface area contributed by atoms with Gasteiger partial charge in [-0.1, -0.05) is 12.8 Å². The molecule has 0 spiro atoms. The van der Waals surface area contributed by atoms with Crippen LogP contribution in [0.2, 0.25) is 0 Å². The van der Waals surface area contributed by atoms with E-state index in [4.69, 9.17) is 0 Å². The highest BCUT2D eigenvalue weighted by Gasteiger charge is 2.25. The Balaban J connectivity index is 1.96. The third-order valence-electron chi connectivity index (χ3n) is 4.17. The van der Waals surface area contributed by atoms with Crippen molar-refractivity contribution in [1.82, 2.24) is 14.6 Å². The van der Waals surface area contributed by atoms with E-state index in [0.717, 1.165) is 30.2 Å². The largest absolute Gasteiger partial charge is 0.396 e. The number of aliphatic hydroxyl groups is 1. The fraction of sp³-hybridized carbons (Fsp3) is 0.571. The van der Waals surface area contributed by atoms with Crippen molar-refractivity contribution < 1.29 is 9.32 Å². The first kappa shape index (κ1) is 15.9. The van der Waals surface area contributed by atoms with Gasteiger partial charge in [-0.25, -0.2) is 9.50 Å². The Morgan fingerprint density at radius 2 is 2.27 bits per heavy atom. The molecule has 3 atom stereocenters. The number of fused-ring (bicyclic) bond motifs is 1. The minimum absolute atomic E-state index is 0.183. The summed E-state index contributed by atoms with van der Waals surface area (Å²) in [5, 5.41) is 17.8. The molecule has 0 aliphatic heterocycles. The number of aromatic nitrogens is 3. The minimum Gasteiger partial charge on any atom is -0.396 e. The minimum atomic E-state index is -1.17. The van der Waals surface area contributed by atoms with E-state index in [9.17, 15) is 9.32 Å². The SMILES string of the molecule is CS(=O)c1cc(NC2CCCC[C@H]2CO)nc2c(Br)cnn12. The number of nitrogens with one attached hydrogen (secondary N) is 1. The Labute approximate surface area is 139 Å². The van der Waals surface area contributed by atoms with E-state index < -0.39 is 10.8 Å². The number of halogens is 1. The Hall–Kier alpha value is -0.990. The second-order valence-electron chi connectivity index (χ2n) is 5.64. The average molecular weight is 387 g/mol. The summed E-state index contributed by atoms with van der Waals surface area (Å²) in [5.74, 6) is 0.931. The van der Waals surface area contributed by atoms with E-state index in [-0.39, 0.29) is 18.6 Å². The Kier molecular flexibility index (Phi) is 4.79. The first-order chi connectivity index (χ1) is 10.6. The predicted molar refractivity (Wildman–Crippen MR) is 89.5 cm³/mol. The molecular weight excluding hydrogens is 368 g/mol. The van der Waals surface area contributed by atoms with E-state index in [2.05, 4.69) is 31.3 Å². The fourth-order valence-corrected chi connectivity index (χ4v) is 4.00. The van der Waals surface area contributed by atoms with Crippen molar-refractivity contribution in [3.63, 3.8) is 0 Å². The molecule has 2 heterocycles. The quantitative estimate of drug-likeness (QED) is 0.787. The molecule has 1 aliphatic carbocycles. The molecule has 2 aromatic heterocycles. The molecule has 0 saturated heterocycles. The van der Waals surface area contributed by atoms with E-state index in [1.807, 2.05) is 0 Å². The molecule has 0 radical (unpaired) electrons. The van der Waals surface area contributed by atoms with Crippen LogP contribution in [0.1, 0.15) is 25.7 Å². The molecule has 6 nitrogen and oxygen atoms in total. The Morgan fingerprint density at radius 3 is 3.00 bits per heavy atom. The van der Waals surface area contributed by atoms with Crippen molar-refractivity contribution in [3.8, 4) is 0 Å². The van der Waals surface area contributed by atoms with Gasteiger partial charge in [-0.05, 0) is 28.8 Å². The lowest BCUT2D eigenvalue weighted by atomic mass is 9.85. The Bertz CT molecular complexity index is 705. The summed E-state index contributed by atoms with van der Waals surface area (Å²) in [6.45, 7) is 0.183. The lowest BCUT2D eigenvalue weighted by molar-refractivity contribution is 0.178. The molecule has 1 saturated carbocycles. The highest BCUT2D eigenvalue weighted by molar-refractivity contribution is 9.10. The maximum atomic E-state index is 12.0. The van der Waals surface area contributed by atoms with Crippen LogP contribution in [-0.4, -0.2) is 42.8 Å². The molecule has 1 fully saturated rings. The number of nitrogens with zero attached hydrogens (tertiary/aromatic N) is 3. The van der Waals surface area contributed by atoms with Gasteiger partial charge in [0.1, 0.15) is 10.8 Å². The lowest BCUT2D eigenvalue weighted by Crippen LogP contribution is -2.34. The van der Waals surface area contributed by atoms with Gasteiger partial charge in [0.15, 0.2) is 5.65 Å². The van der Waals surface area contributed by atoms with Gasteiger partial charge in [0.25, 0.3) is 0 Å². The molecule has 2 aromatic rings. The maximum absolute atomic E-state index is 12.0.